The molecule has 0 saturated heterocycles. The summed E-state index contributed by atoms with van der Waals surface area (Å²) in [4.78, 5) is 0. The van der Waals surface area contributed by atoms with Crippen molar-refractivity contribution in [2.75, 3.05) is 0 Å². The molecular weight excluding hydrogens is 328 g/mol. The lowest BCUT2D eigenvalue weighted by atomic mass is 9.63. The zero-order valence-electron chi connectivity index (χ0n) is 15.2. The van der Waals surface area contributed by atoms with Crippen LogP contribution in [0, 0.1) is 17.8 Å². The normalized spacial score (nSPS) is 21.4. The van der Waals surface area contributed by atoms with E-state index in [0.717, 1.165) is 35.4 Å². The van der Waals surface area contributed by atoms with Crippen molar-refractivity contribution in [1.29, 1.82) is 0 Å². The number of halogens is 3. The Morgan fingerprint density at radius 2 is 1.96 bits per heavy atom. The Morgan fingerprint density at radius 3 is 2.42 bits per heavy atom. The van der Waals surface area contributed by atoms with Crippen molar-refractivity contribution >= 4 is 11.6 Å². The Hall–Kier alpha value is -0.670. The largest absolute Gasteiger partial charge is 0.321 e. The first-order valence-electron chi connectivity index (χ1n) is 9.02. The molecule has 136 valence electrons. The molecule has 0 radical (unpaired) electrons. The maximum atomic E-state index is 13.3. The molecule has 1 aliphatic rings. The molecule has 1 saturated carbocycles. The Bertz CT molecular complexity index is 561. The highest BCUT2D eigenvalue weighted by Crippen LogP contribution is 2.51. The van der Waals surface area contributed by atoms with Crippen LogP contribution in [-0.4, -0.2) is 5.92 Å². The average Bonchev–Trinajstić information content (AvgIpc) is 2.44. The van der Waals surface area contributed by atoms with E-state index in [0.29, 0.717) is 5.92 Å². The molecule has 1 aromatic rings. The van der Waals surface area contributed by atoms with Crippen molar-refractivity contribution < 1.29 is 8.78 Å². The second-order valence-corrected chi connectivity index (χ2v) is 8.47. The minimum absolute atomic E-state index is 0.0145. The van der Waals surface area contributed by atoms with Crippen molar-refractivity contribution in [3.8, 4) is 0 Å². The lowest BCUT2D eigenvalue weighted by Crippen LogP contribution is -2.50. The first kappa shape index (κ1) is 19.7. The SMILES string of the molecule is CCC(C1CC(F)(F)C1)[C@@](C)(N)c1ccc(CCC(C)C)c(Cl)c1. The Labute approximate surface area is 150 Å². The van der Waals surface area contributed by atoms with E-state index < -0.39 is 11.5 Å². The van der Waals surface area contributed by atoms with E-state index in [-0.39, 0.29) is 24.7 Å². The fourth-order valence-electron chi connectivity index (χ4n) is 3.98. The highest BCUT2D eigenvalue weighted by Gasteiger charge is 2.51. The van der Waals surface area contributed by atoms with E-state index in [4.69, 9.17) is 17.3 Å². The maximum absolute atomic E-state index is 13.3. The van der Waals surface area contributed by atoms with Gasteiger partial charge in [-0.2, -0.15) is 0 Å². The van der Waals surface area contributed by atoms with Crippen molar-refractivity contribution in [3.63, 3.8) is 0 Å². The van der Waals surface area contributed by atoms with Crippen LogP contribution < -0.4 is 5.73 Å². The number of aryl methyl sites for hydroxylation is 1. The van der Waals surface area contributed by atoms with E-state index >= 15 is 0 Å². The van der Waals surface area contributed by atoms with E-state index in [9.17, 15) is 8.78 Å². The lowest BCUT2D eigenvalue weighted by molar-refractivity contribution is -0.134. The van der Waals surface area contributed by atoms with Crippen LogP contribution in [0.1, 0.15) is 64.5 Å². The van der Waals surface area contributed by atoms with Crippen molar-refractivity contribution in [3.05, 3.63) is 34.3 Å². The van der Waals surface area contributed by atoms with Crippen LogP contribution in [0.3, 0.4) is 0 Å². The molecule has 0 spiro atoms. The first-order valence-corrected chi connectivity index (χ1v) is 9.40. The molecule has 1 unspecified atom stereocenters. The van der Waals surface area contributed by atoms with Gasteiger partial charge in [-0.05, 0) is 54.7 Å². The van der Waals surface area contributed by atoms with Gasteiger partial charge in [0.05, 0.1) is 0 Å². The fourth-order valence-corrected chi connectivity index (χ4v) is 4.26. The molecule has 1 aliphatic carbocycles. The van der Waals surface area contributed by atoms with E-state index in [1.807, 2.05) is 32.0 Å². The van der Waals surface area contributed by atoms with Gasteiger partial charge in [-0.25, -0.2) is 8.78 Å². The van der Waals surface area contributed by atoms with Gasteiger partial charge in [0.1, 0.15) is 0 Å². The molecular formula is C20H30ClF2N. The van der Waals surface area contributed by atoms with Gasteiger partial charge in [0, 0.05) is 23.4 Å². The molecule has 2 rings (SSSR count). The van der Waals surface area contributed by atoms with Gasteiger partial charge >= 0.3 is 0 Å². The van der Waals surface area contributed by atoms with Gasteiger partial charge in [-0.3, -0.25) is 0 Å². The minimum atomic E-state index is -2.51. The van der Waals surface area contributed by atoms with Crippen LogP contribution in [-0.2, 0) is 12.0 Å². The predicted molar refractivity (Wildman–Crippen MR) is 97.6 cm³/mol. The van der Waals surface area contributed by atoms with Gasteiger partial charge in [-0.1, -0.05) is 50.9 Å². The van der Waals surface area contributed by atoms with Crippen LogP contribution in [0.4, 0.5) is 8.78 Å². The number of alkyl halides is 2. The molecule has 24 heavy (non-hydrogen) atoms. The second kappa shape index (κ2) is 7.29. The Kier molecular flexibility index (Phi) is 5.97. The summed E-state index contributed by atoms with van der Waals surface area (Å²) in [5.41, 5.74) is 8.07. The lowest BCUT2D eigenvalue weighted by Gasteiger charge is -2.46. The highest BCUT2D eigenvalue weighted by molar-refractivity contribution is 6.31. The van der Waals surface area contributed by atoms with E-state index in [2.05, 4.69) is 13.8 Å². The standard InChI is InChI=1S/C20H30ClF2N/c1-5-17(15-11-20(22,23)12-15)19(4,24)16-9-8-14(18(21)10-16)7-6-13(2)3/h8-10,13,15,17H,5-7,11-12,24H2,1-4H3/t17?,19-/m0/s1. The smallest absolute Gasteiger partial charge is 0.248 e. The van der Waals surface area contributed by atoms with E-state index in [1.54, 1.807) is 0 Å². The minimum Gasteiger partial charge on any atom is -0.321 e. The summed E-state index contributed by atoms with van der Waals surface area (Å²) in [6.45, 7) is 8.38. The number of rotatable bonds is 7. The van der Waals surface area contributed by atoms with Crippen LogP contribution >= 0.6 is 11.6 Å². The molecule has 2 atom stereocenters. The van der Waals surface area contributed by atoms with Crippen molar-refractivity contribution in [1.82, 2.24) is 0 Å². The molecule has 0 bridgehead atoms. The van der Waals surface area contributed by atoms with Gasteiger partial charge in [0.2, 0.25) is 5.92 Å². The Balaban J connectivity index is 2.17. The quantitative estimate of drug-likeness (QED) is 0.620. The summed E-state index contributed by atoms with van der Waals surface area (Å²) in [5, 5.41) is 0.735. The maximum Gasteiger partial charge on any atom is 0.248 e. The zero-order chi connectivity index (χ0) is 18.1. The predicted octanol–water partition coefficient (Wildman–Crippen LogP) is 6.17. The summed E-state index contributed by atoms with van der Waals surface area (Å²) in [6, 6.07) is 6.02. The molecule has 1 fully saturated rings. The third kappa shape index (κ3) is 4.29. The van der Waals surface area contributed by atoms with Gasteiger partial charge < -0.3 is 5.73 Å². The Morgan fingerprint density at radius 1 is 1.33 bits per heavy atom. The van der Waals surface area contributed by atoms with Crippen molar-refractivity contribution in [2.45, 2.75) is 71.3 Å². The third-order valence-corrected chi connectivity index (χ3v) is 5.92. The summed E-state index contributed by atoms with van der Waals surface area (Å²) in [5.74, 6) is -1.86. The van der Waals surface area contributed by atoms with Crippen LogP contribution in [0.5, 0.6) is 0 Å². The molecule has 2 N–H and O–H groups in total. The van der Waals surface area contributed by atoms with Gasteiger partial charge in [0.25, 0.3) is 0 Å². The molecule has 0 amide bonds. The van der Waals surface area contributed by atoms with Crippen LogP contribution in [0.15, 0.2) is 18.2 Å². The number of hydrogen-bond donors (Lipinski definition) is 1. The summed E-state index contributed by atoms with van der Waals surface area (Å²) in [6.07, 6.45) is 2.75. The number of nitrogens with two attached hydrogens (primary N) is 1. The fraction of sp³-hybridized carbons (Fsp3) is 0.700. The first-order chi connectivity index (χ1) is 11.1. The number of benzene rings is 1. The van der Waals surface area contributed by atoms with Gasteiger partial charge in [-0.15, -0.1) is 0 Å². The average molecular weight is 358 g/mol. The molecule has 0 aromatic heterocycles. The van der Waals surface area contributed by atoms with Crippen molar-refractivity contribution in [2.24, 2.45) is 23.5 Å². The molecule has 4 heteroatoms. The summed E-state index contributed by atoms with van der Waals surface area (Å²) < 4.78 is 26.6. The summed E-state index contributed by atoms with van der Waals surface area (Å²) >= 11 is 6.46. The number of hydrogen-bond acceptors (Lipinski definition) is 1. The second-order valence-electron chi connectivity index (χ2n) is 8.06. The van der Waals surface area contributed by atoms with Gasteiger partial charge in [0.15, 0.2) is 0 Å². The van der Waals surface area contributed by atoms with Crippen LogP contribution in [0.2, 0.25) is 5.02 Å². The zero-order valence-corrected chi connectivity index (χ0v) is 16.0. The molecule has 0 aliphatic heterocycles. The topological polar surface area (TPSA) is 26.0 Å². The molecule has 1 aromatic carbocycles. The third-order valence-electron chi connectivity index (χ3n) is 5.57. The molecule has 0 heterocycles. The molecule has 1 nitrogen and oxygen atoms in total. The highest BCUT2D eigenvalue weighted by atomic mass is 35.5. The van der Waals surface area contributed by atoms with E-state index in [1.165, 1.54) is 0 Å². The van der Waals surface area contributed by atoms with Crippen LogP contribution in [0.25, 0.3) is 0 Å². The summed E-state index contributed by atoms with van der Waals surface area (Å²) in [7, 11) is 0. The monoisotopic (exact) mass is 357 g/mol.